The smallest absolute Gasteiger partial charge is 0.328 e. The first-order valence-electron chi connectivity index (χ1n) is 7.22. The number of ether oxygens (including phenoxy) is 1. The summed E-state index contributed by atoms with van der Waals surface area (Å²) in [6, 6.07) is -1.22. The fraction of sp³-hybridized carbons (Fsp3) is 0.786. The molecule has 1 aliphatic rings. The molecule has 0 heterocycles. The van der Waals surface area contributed by atoms with Gasteiger partial charge in [-0.25, -0.2) is 9.59 Å². The van der Waals surface area contributed by atoms with E-state index in [0.29, 0.717) is 6.54 Å². The highest BCUT2D eigenvalue weighted by Crippen LogP contribution is 2.38. The summed E-state index contributed by atoms with van der Waals surface area (Å²) in [4.78, 5) is 34.0. The Hall–Kier alpha value is -1.79. The topological polar surface area (TPSA) is 105 Å². The third-order valence-electron chi connectivity index (χ3n) is 3.97. The summed E-state index contributed by atoms with van der Waals surface area (Å²) < 4.78 is 4.52. The van der Waals surface area contributed by atoms with E-state index in [1.807, 2.05) is 0 Å². The van der Waals surface area contributed by atoms with E-state index in [4.69, 9.17) is 5.11 Å². The predicted molar refractivity (Wildman–Crippen MR) is 75.8 cm³/mol. The van der Waals surface area contributed by atoms with Crippen LogP contribution in [-0.4, -0.2) is 42.8 Å². The molecule has 7 nitrogen and oxygen atoms in total. The highest BCUT2D eigenvalue weighted by Gasteiger charge is 2.34. The minimum atomic E-state index is -0.845. The van der Waals surface area contributed by atoms with Crippen LogP contribution in [0.5, 0.6) is 0 Å². The summed E-state index contributed by atoms with van der Waals surface area (Å²) >= 11 is 0. The van der Waals surface area contributed by atoms with Crippen LogP contribution in [0, 0.1) is 5.41 Å². The van der Waals surface area contributed by atoms with Gasteiger partial charge in [-0.05, 0) is 25.2 Å². The number of esters is 1. The predicted octanol–water partition coefficient (Wildman–Crippen LogP) is 1.27. The van der Waals surface area contributed by atoms with Crippen LogP contribution in [0.15, 0.2) is 0 Å². The highest BCUT2D eigenvalue weighted by molar-refractivity contribution is 5.83. The fourth-order valence-electron chi connectivity index (χ4n) is 2.79. The molecule has 0 bridgehead atoms. The maximum absolute atomic E-state index is 11.8. The van der Waals surface area contributed by atoms with Gasteiger partial charge in [0.25, 0.3) is 0 Å². The summed E-state index contributed by atoms with van der Waals surface area (Å²) in [5.41, 5.74) is -0.379. The Balaban J connectivity index is 2.50. The van der Waals surface area contributed by atoms with Gasteiger partial charge in [0.1, 0.15) is 6.04 Å². The first-order valence-corrected chi connectivity index (χ1v) is 7.22. The van der Waals surface area contributed by atoms with E-state index in [1.165, 1.54) is 14.0 Å². The van der Waals surface area contributed by atoms with Gasteiger partial charge >= 0.3 is 18.0 Å². The molecule has 21 heavy (non-hydrogen) atoms. The lowest BCUT2D eigenvalue weighted by Crippen LogP contribution is -2.48. The average Bonchev–Trinajstić information content (AvgIpc) is 2.44. The van der Waals surface area contributed by atoms with Crippen molar-refractivity contribution in [1.82, 2.24) is 10.6 Å². The quantitative estimate of drug-likeness (QED) is 0.641. The van der Waals surface area contributed by atoms with Crippen molar-refractivity contribution in [3.05, 3.63) is 0 Å². The Bertz CT molecular complexity index is 391. The first kappa shape index (κ1) is 17.3. The minimum Gasteiger partial charge on any atom is -0.481 e. The molecule has 1 fully saturated rings. The second kappa shape index (κ2) is 7.85. The Kier molecular flexibility index (Phi) is 6.45. The lowest BCUT2D eigenvalue weighted by Gasteiger charge is -2.36. The zero-order valence-corrected chi connectivity index (χ0v) is 12.6. The number of carbonyl (C=O) groups is 3. The summed E-state index contributed by atoms with van der Waals surface area (Å²) in [7, 11) is 1.25. The van der Waals surface area contributed by atoms with E-state index < -0.39 is 24.0 Å². The zero-order chi connectivity index (χ0) is 15.9. The van der Waals surface area contributed by atoms with E-state index in [2.05, 4.69) is 15.4 Å². The molecular weight excluding hydrogens is 276 g/mol. The van der Waals surface area contributed by atoms with Crippen molar-refractivity contribution in [3.8, 4) is 0 Å². The van der Waals surface area contributed by atoms with Crippen molar-refractivity contribution in [3.63, 3.8) is 0 Å². The molecule has 0 radical (unpaired) electrons. The molecule has 120 valence electrons. The molecular formula is C14H24N2O5. The van der Waals surface area contributed by atoms with Gasteiger partial charge in [-0.1, -0.05) is 19.3 Å². The van der Waals surface area contributed by atoms with Crippen LogP contribution in [0.4, 0.5) is 4.79 Å². The van der Waals surface area contributed by atoms with Crippen molar-refractivity contribution in [2.75, 3.05) is 13.7 Å². The molecule has 1 unspecified atom stereocenters. The third kappa shape index (κ3) is 5.61. The van der Waals surface area contributed by atoms with Gasteiger partial charge in [0.15, 0.2) is 0 Å². The number of aliphatic carboxylic acids is 1. The number of carboxylic acids is 1. The Morgan fingerprint density at radius 3 is 2.38 bits per heavy atom. The molecule has 0 aromatic heterocycles. The Morgan fingerprint density at radius 2 is 1.86 bits per heavy atom. The molecule has 0 aliphatic heterocycles. The van der Waals surface area contributed by atoms with Crippen LogP contribution in [0.2, 0.25) is 0 Å². The fourth-order valence-corrected chi connectivity index (χ4v) is 2.79. The monoisotopic (exact) mass is 300 g/mol. The molecule has 1 atom stereocenters. The molecule has 0 aromatic carbocycles. The normalized spacial score (nSPS) is 18.4. The van der Waals surface area contributed by atoms with Crippen LogP contribution in [0.25, 0.3) is 0 Å². The number of nitrogens with one attached hydrogen (secondary N) is 2. The molecule has 0 aromatic rings. The molecule has 0 spiro atoms. The first-order chi connectivity index (χ1) is 9.88. The Labute approximate surface area is 124 Å². The molecule has 0 saturated heterocycles. The maximum Gasteiger partial charge on any atom is 0.328 e. The lowest BCUT2D eigenvalue weighted by molar-refractivity contribution is -0.142. The average molecular weight is 300 g/mol. The molecule has 7 heteroatoms. The zero-order valence-electron chi connectivity index (χ0n) is 12.6. The van der Waals surface area contributed by atoms with Crippen molar-refractivity contribution in [2.24, 2.45) is 5.41 Å². The van der Waals surface area contributed by atoms with E-state index >= 15 is 0 Å². The number of amides is 2. The molecule has 2 amide bonds. The summed E-state index contributed by atoms with van der Waals surface area (Å²) in [5.74, 6) is -1.37. The number of methoxy groups -OCH3 is 1. The van der Waals surface area contributed by atoms with Crippen LogP contribution in [-0.2, 0) is 14.3 Å². The van der Waals surface area contributed by atoms with Gasteiger partial charge in [-0.15, -0.1) is 0 Å². The summed E-state index contributed by atoms with van der Waals surface area (Å²) in [5, 5.41) is 14.2. The van der Waals surface area contributed by atoms with Gasteiger partial charge in [0, 0.05) is 6.54 Å². The van der Waals surface area contributed by atoms with E-state index in [0.717, 1.165) is 32.1 Å². The number of urea groups is 1. The molecule has 3 N–H and O–H groups in total. The summed E-state index contributed by atoms with van der Waals surface area (Å²) in [6.07, 6.45) is 4.72. The van der Waals surface area contributed by atoms with Crippen LogP contribution >= 0.6 is 0 Å². The standard InChI is InChI=1S/C14H24N2O5/c1-10(12(19)21-2)16-13(20)15-9-14(8-11(17)18)6-4-3-5-7-14/h10H,3-9H2,1-2H3,(H,17,18)(H2,15,16,20). The second-order valence-electron chi connectivity index (χ2n) is 5.70. The van der Waals surface area contributed by atoms with Gasteiger partial charge in [0.05, 0.1) is 13.5 Å². The van der Waals surface area contributed by atoms with Crippen LogP contribution in [0.3, 0.4) is 0 Å². The lowest BCUT2D eigenvalue weighted by atomic mass is 9.72. The van der Waals surface area contributed by atoms with Gasteiger partial charge in [-0.3, -0.25) is 4.79 Å². The van der Waals surface area contributed by atoms with Crippen LogP contribution < -0.4 is 10.6 Å². The molecule has 1 aliphatic carbocycles. The number of hydrogen-bond acceptors (Lipinski definition) is 4. The van der Waals surface area contributed by atoms with Crippen LogP contribution in [0.1, 0.15) is 45.4 Å². The van der Waals surface area contributed by atoms with Crippen molar-refractivity contribution in [2.45, 2.75) is 51.5 Å². The molecule has 1 saturated carbocycles. The maximum atomic E-state index is 11.8. The number of hydrogen-bond donors (Lipinski definition) is 3. The summed E-state index contributed by atoms with van der Waals surface area (Å²) in [6.45, 7) is 1.83. The van der Waals surface area contributed by atoms with Crippen molar-refractivity contribution < 1.29 is 24.2 Å². The van der Waals surface area contributed by atoms with Gasteiger partial charge < -0.3 is 20.5 Å². The number of rotatable bonds is 6. The van der Waals surface area contributed by atoms with Gasteiger partial charge in [-0.2, -0.15) is 0 Å². The largest absolute Gasteiger partial charge is 0.481 e. The number of carboxylic acid groups (broad SMARTS) is 1. The second-order valence-corrected chi connectivity index (χ2v) is 5.70. The SMILES string of the molecule is COC(=O)C(C)NC(=O)NCC1(CC(=O)O)CCCCC1. The molecule has 1 rings (SSSR count). The third-order valence-corrected chi connectivity index (χ3v) is 3.97. The van der Waals surface area contributed by atoms with E-state index in [-0.39, 0.29) is 11.8 Å². The highest BCUT2D eigenvalue weighted by atomic mass is 16.5. The van der Waals surface area contributed by atoms with Crippen molar-refractivity contribution >= 4 is 18.0 Å². The minimum absolute atomic E-state index is 0.0554. The van der Waals surface area contributed by atoms with Crippen molar-refractivity contribution in [1.29, 1.82) is 0 Å². The number of carbonyl (C=O) groups excluding carboxylic acids is 2. The van der Waals surface area contributed by atoms with E-state index in [1.54, 1.807) is 0 Å². The van der Waals surface area contributed by atoms with Gasteiger partial charge in [0.2, 0.25) is 0 Å². The Morgan fingerprint density at radius 1 is 1.24 bits per heavy atom. The van der Waals surface area contributed by atoms with E-state index in [9.17, 15) is 14.4 Å².